The molecule has 0 aromatic heterocycles. The summed E-state index contributed by atoms with van der Waals surface area (Å²) in [5.41, 5.74) is 1.29. The molecule has 1 N–H and O–H groups in total. The highest BCUT2D eigenvalue weighted by Crippen LogP contribution is 2.22. The van der Waals surface area contributed by atoms with Gasteiger partial charge in [-0.3, -0.25) is 4.79 Å². The molecule has 4 heteroatoms. The van der Waals surface area contributed by atoms with Crippen LogP contribution >= 0.6 is 11.6 Å². The highest BCUT2D eigenvalue weighted by molar-refractivity contribution is 6.30. The van der Waals surface area contributed by atoms with Gasteiger partial charge in [-0.05, 0) is 30.0 Å². The number of aliphatic carboxylic acids is 1. The van der Waals surface area contributed by atoms with Crippen LogP contribution in [0, 0.1) is 5.82 Å². The van der Waals surface area contributed by atoms with E-state index in [1.54, 1.807) is 6.07 Å². The second-order valence-corrected chi connectivity index (χ2v) is 3.71. The first-order chi connectivity index (χ1) is 7.04. The van der Waals surface area contributed by atoms with Crippen LogP contribution in [0.2, 0.25) is 5.02 Å². The van der Waals surface area contributed by atoms with Gasteiger partial charge in [0.05, 0.1) is 5.02 Å². The van der Waals surface area contributed by atoms with E-state index in [9.17, 15) is 9.18 Å². The minimum absolute atomic E-state index is 0.0329. The second kappa shape index (κ2) is 5.12. The number of carboxylic acid groups (broad SMARTS) is 1. The fourth-order valence-electron chi connectivity index (χ4n) is 1.36. The van der Waals surface area contributed by atoms with Crippen LogP contribution in [-0.2, 0) is 17.6 Å². The van der Waals surface area contributed by atoms with Crippen LogP contribution in [0.25, 0.3) is 0 Å². The lowest BCUT2D eigenvalue weighted by Gasteiger charge is -2.06. The van der Waals surface area contributed by atoms with Gasteiger partial charge in [0.2, 0.25) is 0 Å². The smallest absolute Gasteiger partial charge is 0.303 e. The quantitative estimate of drug-likeness (QED) is 0.863. The number of hydrogen-bond acceptors (Lipinski definition) is 1. The van der Waals surface area contributed by atoms with Gasteiger partial charge in [-0.2, -0.15) is 0 Å². The summed E-state index contributed by atoms with van der Waals surface area (Å²) in [6.07, 6.45) is 0.958. The van der Waals surface area contributed by atoms with Gasteiger partial charge < -0.3 is 5.11 Å². The molecule has 0 aliphatic carbocycles. The number of aryl methyl sites for hydroxylation is 2. The highest BCUT2D eigenvalue weighted by atomic mass is 35.5. The molecular weight excluding hydrogens is 219 g/mol. The molecule has 0 aliphatic heterocycles. The first kappa shape index (κ1) is 12.0. The fraction of sp³-hybridized carbons (Fsp3) is 0.364. The molecule has 0 aliphatic rings. The summed E-state index contributed by atoms with van der Waals surface area (Å²) in [6, 6.07) is 3.16. The monoisotopic (exact) mass is 230 g/mol. The van der Waals surface area contributed by atoms with Crippen molar-refractivity contribution >= 4 is 17.6 Å². The topological polar surface area (TPSA) is 37.3 Å². The average molecular weight is 231 g/mol. The van der Waals surface area contributed by atoms with E-state index in [4.69, 9.17) is 16.7 Å². The molecule has 0 radical (unpaired) electrons. The maximum atomic E-state index is 13.3. The van der Waals surface area contributed by atoms with E-state index in [1.807, 2.05) is 6.92 Å². The molecule has 0 atom stereocenters. The van der Waals surface area contributed by atoms with Crippen molar-refractivity contribution in [3.63, 3.8) is 0 Å². The Labute approximate surface area is 92.7 Å². The summed E-state index contributed by atoms with van der Waals surface area (Å²) < 4.78 is 13.3. The van der Waals surface area contributed by atoms with E-state index in [2.05, 4.69) is 0 Å². The molecule has 0 bridgehead atoms. The van der Waals surface area contributed by atoms with Gasteiger partial charge in [-0.1, -0.05) is 24.6 Å². The minimum Gasteiger partial charge on any atom is -0.481 e. The minimum atomic E-state index is -0.867. The summed E-state index contributed by atoms with van der Waals surface area (Å²) in [6.45, 7) is 1.83. The molecule has 0 amide bonds. The molecule has 0 saturated heterocycles. The van der Waals surface area contributed by atoms with Crippen LogP contribution < -0.4 is 0 Å². The van der Waals surface area contributed by atoms with Crippen molar-refractivity contribution in [2.75, 3.05) is 0 Å². The Morgan fingerprint density at radius 1 is 1.53 bits per heavy atom. The van der Waals surface area contributed by atoms with E-state index in [0.29, 0.717) is 18.4 Å². The molecule has 0 unspecified atom stereocenters. The number of carbonyl (C=O) groups is 1. The van der Waals surface area contributed by atoms with Gasteiger partial charge >= 0.3 is 5.97 Å². The molecule has 0 saturated carbocycles. The second-order valence-electron chi connectivity index (χ2n) is 3.30. The predicted molar refractivity (Wildman–Crippen MR) is 56.7 cm³/mol. The molecule has 1 aromatic carbocycles. The maximum Gasteiger partial charge on any atom is 0.303 e. The standard InChI is InChI=1S/C11H12ClFO2/c1-2-8-5-7(3-4-10(14)15)6-9(12)11(8)13/h5-6H,2-4H2,1H3,(H,14,15). The normalized spacial score (nSPS) is 10.3. The average Bonchev–Trinajstić information content (AvgIpc) is 2.19. The SMILES string of the molecule is CCc1cc(CCC(=O)O)cc(Cl)c1F. The van der Waals surface area contributed by atoms with E-state index in [0.717, 1.165) is 5.56 Å². The van der Waals surface area contributed by atoms with Crippen molar-refractivity contribution < 1.29 is 14.3 Å². The fourth-order valence-corrected chi connectivity index (χ4v) is 1.62. The first-order valence-corrected chi connectivity index (χ1v) is 5.11. The van der Waals surface area contributed by atoms with Crippen LogP contribution in [0.5, 0.6) is 0 Å². The zero-order valence-corrected chi connectivity index (χ0v) is 9.14. The van der Waals surface area contributed by atoms with Crippen molar-refractivity contribution in [3.05, 3.63) is 34.1 Å². The number of hydrogen-bond donors (Lipinski definition) is 1. The van der Waals surface area contributed by atoms with Gasteiger partial charge in [-0.25, -0.2) is 4.39 Å². The van der Waals surface area contributed by atoms with Gasteiger partial charge in [0.15, 0.2) is 0 Å². The third-order valence-corrected chi connectivity index (χ3v) is 2.45. The van der Waals surface area contributed by atoms with Crippen LogP contribution in [-0.4, -0.2) is 11.1 Å². The Balaban J connectivity index is 2.90. The van der Waals surface area contributed by atoms with Gasteiger partial charge in [0.1, 0.15) is 5.82 Å². The Bertz CT molecular complexity index is 377. The number of rotatable bonds is 4. The molecule has 0 heterocycles. The summed E-state index contributed by atoms with van der Waals surface area (Å²) in [5.74, 6) is -1.27. The van der Waals surface area contributed by atoms with E-state index in [1.165, 1.54) is 6.07 Å². The Hall–Kier alpha value is -1.09. The van der Waals surface area contributed by atoms with Crippen LogP contribution in [0.3, 0.4) is 0 Å². The van der Waals surface area contributed by atoms with Crippen LogP contribution in [0.4, 0.5) is 4.39 Å². The molecule has 15 heavy (non-hydrogen) atoms. The Morgan fingerprint density at radius 2 is 2.20 bits per heavy atom. The summed E-state index contributed by atoms with van der Waals surface area (Å²) in [7, 11) is 0. The van der Waals surface area contributed by atoms with Crippen LogP contribution in [0.15, 0.2) is 12.1 Å². The van der Waals surface area contributed by atoms with Crippen molar-refractivity contribution in [1.29, 1.82) is 0 Å². The Kier molecular flexibility index (Phi) is 4.09. The maximum absolute atomic E-state index is 13.3. The molecule has 82 valence electrons. The highest BCUT2D eigenvalue weighted by Gasteiger charge is 2.08. The zero-order chi connectivity index (χ0) is 11.4. The number of carboxylic acids is 1. The molecule has 1 aromatic rings. The lowest BCUT2D eigenvalue weighted by Crippen LogP contribution is -1.99. The predicted octanol–water partition coefficient (Wildman–Crippen LogP) is 3.06. The molecule has 2 nitrogen and oxygen atoms in total. The van der Waals surface area contributed by atoms with Crippen molar-refractivity contribution in [2.24, 2.45) is 0 Å². The third-order valence-electron chi connectivity index (χ3n) is 2.17. The van der Waals surface area contributed by atoms with Crippen LogP contribution in [0.1, 0.15) is 24.5 Å². The van der Waals surface area contributed by atoms with Gasteiger partial charge in [0, 0.05) is 6.42 Å². The summed E-state index contributed by atoms with van der Waals surface area (Å²) in [4.78, 5) is 10.4. The molecular formula is C11H12ClFO2. The van der Waals surface area contributed by atoms with Crippen molar-refractivity contribution in [1.82, 2.24) is 0 Å². The van der Waals surface area contributed by atoms with Gasteiger partial charge in [0.25, 0.3) is 0 Å². The first-order valence-electron chi connectivity index (χ1n) is 4.73. The lowest BCUT2D eigenvalue weighted by atomic mass is 10.0. The largest absolute Gasteiger partial charge is 0.481 e. The van der Waals surface area contributed by atoms with E-state index >= 15 is 0 Å². The third kappa shape index (κ3) is 3.20. The van der Waals surface area contributed by atoms with E-state index < -0.39 is 11.8 Å². The Morgan fingerprint density at radius 3 is 2.73 bits per heavy atom. The van der Waals surface area contributed by atoms with Crippen molar-refractivity contribution in [3.8, 4) is 0 Å². The lowest BCUT2D eigenvalue weighted by molar-refractivity contribution is -0.136. The zero-order valence-electron chi connectivity index (χ0n) is 8.39. The number of benzene rings is 1. The van der Waals surface area contributed by atoms with E-state index in [-0.39, 0.29) is 11.4 Å². The molecule has 1 rings (SSSR count). The molecule has 0 spiro atoms. The molecule has 0 fully saturated rings. The van der Waals surface area contributed by atoms with Gasteiger partial charge in [-0.15, -0.1) is 0 Å². The summed E-state index contributed by atoms with van der Waals surface area (Å²) in [5, 5.41) is 8.58. The van der Waals surface area contributed by atoms with Crippen molar-refractivity contribution in [2.45, 2.75) is 26.2 Å². The summed E-state index contributed by atoms with van der Waals surface area (Å²) >= 11 is 5.69. The number of halogens is 2.